The lowest BCUT2D eigenvalue weighted by molar-refractivity contribution is 0.886. The van der Waals surface area contributed by atoms with Gasteiger partial charge in [-0.2, -0.15) is 0 Å². The fraction of sp³-hybridized carbons (Fsp3) is 0.625. The number of rotatable bonds is 3. The van der Waals surface area contributed by atoms with Gasteiger partial charge in [-0.15, -0.1) is 0 Å². The zero-order valence-corrected chi connectivity index (χ0v) is 12.1. The number of hydrogen-bond acceptors (Lipinski definition) is 0. The molecule has 1 aromatic rings. The highest BCUT2D eigenvalue weighted by Crippen LogP contribution is 2.05. The van der Waals surface area contributed by atoms with E-state index in [9.17, 15) is 0 Å². The second-order valence-electron chi connectivity index (χ2n) is 3.74. The molecule has 0 nitrogen and oxygen atoms in total. The van der Waals surface area contributed by atoms with Crippen molar-refractivity contribution >= 4 is 0 Å². The van der Waals surface area contributed by atoms with Crippen molar-refractivity contribution in [2.24, 2.45) is 0 Å². The minimum Gasteiger partial charge on any atom is -0.0683 e. The highest BCUT2D eigenvalue weighted by atomic mass is 13.9. The molecule has 0 saturated carbocycles. The lowest BCUT2D eigenvalue weighted by atomic mass is 10.1. The summed E-state index contributed by atoms with van der Waals surface area (Å²) in [6.45, 7) is 12.7. The van der Waals surface area contributed by atoms with Crippen LogP contribution < -0.4 is 0 Å². The summed E-state index contributed by atoms with van der Waals surface area (Å²) >= 11 is 0. The van der Waals surface area contributed by atoms with Crippen LogP contribution in [0.15, 0.2) is 24.3 Å². The smallest absolute Gasteiger partial charge is 0.0281 e. The summed E-state index contributed by atoms with van der Waals surface area (Å²) in [6.07, 6.45) is 5.09. The summed E-state index contributed by atoms with van der Waals surface area (Å²) < 4.78 is 0. The van der Waals surface area contributed by atoms with Crippen molar-refractivity contribution in [3.8, 4) is 0 Å². The minimum absolute atomic E-state index is 1.21. The number of aryl methyl sites for hydroxylation is 2. The summed E-state index contributed by atoms with van der Waals surface area (Å²) in [6, 6.07) is 8.71. The van der Waals surface area contributed by atoms with Gasteiger partial charge < -0.3 is 0 Å². The second kappa shape index (κ2) is 14.2. The van der Waals surface area contributed by atoms with Crippen molar-refractivity contribution in [1.29, 1.82) is 0 Å². The van der Waals surface area contributed by atoms with E-state index in [1.165, 1.54) is 36.8 Å². The highest BCUT2D eigenvalue weighted by molar-refractivity contribution is 5.21. The third kappa shape index (κ3) is 11.3. The molecule has 1 rings (SSSR count). The molecule has 16 heavy (non-hydrogen) atoms. The maximum atomic E-state index is 2.25. The van der Waals surface area contributed by atoms with Crippen LogP contribution in [0.1, 0.15) is 65.0 Å². The van der Waals surface area contributed by atoms with Gasteiger partial charge in [0.15, 0.2) is 0 Å². The molecule has 0 aliphatic heterocycles. The van der Waals surface area contributed by atoms with Crippen molar-refractivity contribution in [3.63, 3.8) is 0 Å². The first-order valence-corrected chi connectivity index (χ1v) is 6.80. The van der Waals surface area contributed by atoms with Crippen molar-refractivity contribution < 1.29 is 0 Å². The van der Waals surface area contributed by atoms with Crippen LogP contribution in [-0.4, -0.2) is 0 Å². The number of benzene rings is 1. The molecule has 0 spiro atoms. The van der Waals surface area contributed by atoms with Gasteiger partial charge in [0, 0.05) is 0 Å². The first kappa shape index (κ1) is 17.6. The fourth-order valence-electron chi connectivity index (χ4n) is 1.16. The Morgan fingerprint density at radius 1 is 0.875 bits per heavy atom. The Morgan fingerprint density at radius 3 is 1.81 bits per heavy atom. The summed E-state index contributed by atoms with van der Waals surface area (Å²) in [7, 11) is 0. The average molecular weight is 222 g/mol. The molecule has 0 heterocycles. The van der Waals surface area contributed by atoms with E-state index in [1.54, 1.807) is 0 Å². The Balaban J connectivity index is 0. The van der Waals surface area contributed by atoms with Crippen molar-refractivity contribution in [2.45, 2.75) is 67.2 Å². The molecule has 0 aliphatic carbocycles. The second-order valence-corrected chi connectivity index (χ2v) is 3.74. The van der Waals surface area contributed by atoms with Crippen LogP contribution in [0.3, 0.4) is 0 Å². The molecule has 0 saturated heterocycles. The van der Waals surface area contributed by atoms with Crippen LogP contribution in [0.25, 0.3) is 0 Å². The maximum absolute atomic E-state index is 2.25. The van der Waals surface area contributed by atoms with Gasteiger partial charge in [-0.3, -0.25) is 0 Å². The third-order valence-electron chi connectivity index (χ3n) is 2.12. The van der Waals surface area contributed by atoms with E-state index in [2.05, 4.69) is 52.0 Å². The number of hydrogen-bond donors (Lipinski definition) is 0. The fourth-order valence-corrected chi connectivity index (χ4v) is 1.16. The van der Waals surface area contributed by atoms with E-state index in [0.717, 1.165) is 0 Å². The monoisotopic (exact) mass is 222 g/mol. The zero-order valence-electron chi connectivity index (χ0n) is 12.1. The Bertz CT molecular complexity index is 223. The van der Waals surface area contributed by atoms with E-state index in [4.69, 9.17) is 0 Å². The van der Waals surface area contributed by atoms with Crippen LogP contribution in [0, 0.1) is 6.92 Å². The lowest BCUT2D eigenvalue weighted by Crippen LogP contribution is -1.82. The first-order valence-electron chi connectivity index (χ1n) is 6.80. The molecule has 94 valence electrons. The zero-order chi connectivity index (χ0) is 12.8. The third-order valence-corrected chi connectivity index (χ3v) is 2.12. The molecule has 0 unspecified atom stereocenters. The van der Waals surface area contributed by atoms with Crippen molar-refractivity contribution in [1.82, 2.24) is 0 Å². The highest BCUT2D eigenvalue weighted by Gasteiger charge is 1.88. The van der Waals surface area contributed by atoms with Gasteiger partial charge >= 0.3 is 0 Å². The molecule has 0 aliphatic rings. The maximum Gasteiger partial charge on any atom is -0.0281 e. The van der Waals surface area contributed by atoms with E-state index >= 15 is 0 Å². The van der Waals surface area contributed by atoms with E-state index in [1.807, 2.05) is 13.8 Å². The molecule has 0 N–H and O–H groups in total. The Morgan fingerprint density at radius 2 is 1.44 bits per heavy atom. The van der Waals surface area contributed by atoms with Gasteiger partial charge in [-0.25, -0.2) is 0 Å². The Hall–Kier alpha value is -0.780. The topological polar surface area (TPSA) is 0 Å². The molecule has 0 fully saturated rings. The van der Waals surface area contributed by atoms with Crippen molar-refractivity contribution in [3.05, 3.63) is 35.4 Å². The Kier molecular flexibility index (Phi) is 15.7. The minimum atomic E-state index is 1.21. The molecule has 1 aromatic carbocycles. The predicted molar refractivity (Wildman–Crippen MR) is 77.1 cm³/mol. The SMILES string of the molecule is CC.CCCC.CCCc1cccc(C)c1. The summed E-state index contributed by atoms with van der Waals surface area (Å²) in [5.74, 6) is 0. The van der Waals surface area contributed by atoms with E-state index in [-0.39, 0.29) is 0 Å². The van der Waals surface area contributed by atoms with Gasteiger partial charge in [0.05, 0.1) is 0 Å². The van der Waals surface area contributed by atoms with E-state index < -0.39 is 0 Å². The summed E-state index contributed by atoms with van der Waals surface area (Å²) in [5, 5.41) is 0. The Labute approximate surface area is 103 Å². The molecule has 0 amide bonds. The van der Waals surface area contributed by atoms with Gasteiger partial charge in [-0.1, -0.05) is 83.7 Å². The van der Waals surface area contributed by atoms with Gasteiger partial charge in [0.1, 0.15) is 0 Å². The lowest BCUT2D eigenvalue weighted by Gasteiger charge is -1.97. The van der Waals surface area contributed by atoms with Crippen molar-refractivity contribution in [2.75, 3.05) is 0 Å². The normalized spacial score (nSPS) is 8.38. The first-order chi connectivity index (χ1) is 7.74. The largest absolute Gasteiger partial charge is 0.0683 e. The van der Waals surface area contributed by atoms with Crippen LogP contribution >= 0.6 is 0 Å². The van der Waals surface area contributed by atoms with Crippen LogP contribution in [0.5, 0.6) is 0 Å². The standard InChI is InChI=1S/C10H14.C4H10.C2H6/c1-3-5-10-7-4-6-9(2)8-10;1-3-4-2;1-2/h4,6-8H,3,5H2,1-2H3;3-4H2,1-2H3;1-2H3. The molecular weight excluding hydrogens is 192 g/mol. The van der Waals surface area contributed by atoms with Crippen LogP contribution in [-0.2, 0) is 6.42 Å². The van der Waals surface area contributed by atoms with Crippen LogP contribution in [0.2, 0.25) is 0 Å². The van der Waals surface area contributed by atoms with Gasteiger partial charge in [0.25, 0.3) is 0 Å². The molecule has 0 atom stereocenters. The average Bonchev–Trinajstić information content (AvgIpc) is 2.33. The molecule has 0 radical (unpaired) electrons. The predicted octanol–water partition coefficient (Wildman–Crippen LogP) is 5.78. The molecule has 0 bridgehead atoms. The van der Waals surface area contributed by atoms with Gasteiger partial charge in [0.2, 0.25) is 0 Å². The number of unbranched alkanes of at least 4 members (excludes halogenated alkanes) is 1. The quantitative estimate of drug-likeness (QED) is 0.608. The summed E-state index contributed by atoms with van der Waals surface area (Å²) in [4.78, 5) is 0. The van der Waals surface area contributed by atoms with E-state index in [0.29, 0.717) is 0 Å². The summed E-state index contributed by atoms with van der Waals surface area (Å²) in [5.41, 5.74) is 2.83. The van der Waals surface area contributed by atoms with Crippen LogP contribution in [0.4, 0.5) is 0 Å². The molecule has 0 aromatic heterocycles. The van der Waals surface area contributed by atoms with Gasteiger partial charge in [-0.05, 0) is 18.9 Å². The molecule has 0 heteroatoms. The molecular formula is C16H30.